The van der Waals surface area contributed by atoms with Crippen molar-refractivity contribution in [1.29, 1.82) is 0 Å². The summed E-state index contributed by atoms with van der Waals surface area (Å²) in [7, 11) is 0. The van der Waals surface area contributed by atoms with E-state index in [0.29, 0.717) is 12.8 Å². The second-order valence-electron chi connectivity index (χ2n) is 9.10. The molecule has 11 heteroatoms. The van der Waals surface area contributed by atoms with E-state index in [4.69, 9.17) is 24.7 Å². The number of ether oxygens (including phenoxy) is 4. The largest absolute Gasteiger partial charge is 0.394 e. The second kappa shape index (κ2) is 10.2. The van der Waals surface area contributed by atoms with Gasteiger partial charge in [0.25, 0.3) is 0 Å². The summed E-state index contributed by atoms with van der Waals surface area (Å²) < 4.78 is 23.2. The molecule has 6 unspecified atom stereocenters. The molecule has 0 radical (unpaired) electrons. The van der Waals surface area contributed by atoms with E-state index in [0.717, 1.165) is 0 Å². The number of hydrogen-bond donors (Lipinski definition) is 7. The average Bonchev–Trinajstić information content (AvgIpc) is 3.02. The summed E-state index contributed by atoms with van der Waals surface area (Å²) >= 11 is 0. The van der Waals surface area contributed by atoms with Crippen molar-refractivity contribution < 1.29 is 49.6 Å². The predicted octanol–water partition coefficient (Wildman–Crippen LogP) is -2.58. The van der Waals surface area contributed by atoms with Crippen LogP contribution in [0.5, 0.6) is 0 Å². The van der Waals surface area contributed by atoms with Crippen molar-refractivity contribution in [3.63, 3.8) is 0 Å². The highest BCUT2D eigenvalue weighted by Gasteiger charge is 2.51. The molecule has 14 atom stereocenters. The third kappa shape index (κ3) is 4.92. The first kappa shape index (κ1) is 25.2. The highest BCUT2D eigenvalue weighted by atomic mass is 16.7. The Bertz CT molecular complexity index is 582. The second-order valence-corrected chi connectivity index (χ2v) is 9.10. The zero-order valence-corrected chi connectivity index (χ0v) is 18.1. The maximum Gasteiger partial charge on any atom is 0.187 e. The van der Waals surface area contributed by atoms with E-state index in [2.05, 4.69) is 0 Å². The summed E-state index contributed by atoms with van der Waals surface area (Å²) in [6.45, 7) is 5.08. The minimum atomic E-state index is -1.41. The Morgan fingerprint density at radius 2 is 1.35 bits per heavy atom. The highest BCUT2D eigenvalue weighted by Crippen LogP contribution is 2.37. The predicted molar refractivity (Wildman–Crippen MR) is 105 cm³/mol. The van der Waals surface area contributed by atoms with Crippen LogP contribution in [0.15, 0.2) is 0 Å². The van der Waals surface area contributed by atoms with E-state index in [1.54, 1.807) is 6.92 Å². The third-order valence-electron chi connectivity index (χ3n) is 6.78. The zero-order chi connectivity index (χ0) is 23.0. The molecule has 8 N–H and O–H groups in total. The van der Waals surface area contributed by atoms with Gasteiger partial charge in [0.05, 0.1) is 31.0 Å². The summed E-state index contributed by atoms with van der Waals surface area (Å²) in [5.41, 5.74) is 6.05. The molecule has 3 fully saturated rings. The van der Waals surface area contributed by atoms with Crippen LogP contribution >= 0.6 is 0 Å². The first-order valence-corrected chi connectivity index (χ1v) is 11.0. The van der Waals surface area contributed by atoms with E-state index in [1.165, 1.54) is 0 Å². The lowest BCUT2D eigenvalue weighted by atomic mass is 9.77. The number of aliphatic hydroxyl groups excluding tert-OH is 6. The van der Waals surface area contributed by atoms with Crippen molar-refractivity contribution in [2.75, 3.05) is 6.61 Å². The minimum Gasteiger partial charge on any atom is -0.394 e. The first-order chi connectivity index (χ1) is 14.6. The molecular formula is C20H37NO10. The van der Waals surface area contributed by atoms with Gasteiger partial charge in [0.15, 0.2) is 12.6 Å². The van der Waals surface area contributed by atoms with Crippen LogP contribution in [0.2, 0.25) is 0 Å². The molecule has 0 aromatic rings. The van der Waals surface area contributed by atoms with Crippen LogP contribution in [0.4, 0.5) is 0 Å². The SMILES string of the molecule is CCC1O[C@H](O[C@@H]2C(C)C[C@@H](C)[C@@H](O)C2O[C@@H]2O[C@H](CO)C(O)[C@@H]2O)C(N)C(O)[C@@H]1O. The van der Waals surface area contributed by atoms with Crippen LogP contribution in [-0.2, 0) is 18.9 Å². The average molecular weight is 452 g/mol. The lowest BCUT2D eigenvalue weighted by Crippen LogP contribution is -2.64. The van der Waals surface area contributed by atoms with Crippen molar-refractivity contribution in [2.45, 2.75) is 107 Å². The van der Waals surface area contributed by atoms with Gasteiger partial charge >= 0.3 is 0 Å². The van der Waals surface area contributed by atoms with E-state index in [9.17, 15) is 30.6 Å². The molecule has 0 amide bonds. The smallest absolute Gasteiger partial charge is 0.187 e. The molecule has 182 valence electrons. The molecule has 11 nitrogen and oxygen atoms in total. The first-order valence-electron chi connectivity index (χ1n) is 11.0. The lowest BCUT2D eigenvalue weighted by Gasteiger charge is -2.47. The Kier molecular flexibility index (Phi) is 8.31. The Morgan fingerprint density at radius 1 is 0.774 bits per heavy atom. The summed E-state index contributed by atoms with van der Waals surface area (Å²) in [5.74, 6) is -0.255. The summed E-state index contributed by atoms with van der Waals surface area (Å²) in [5, 5.41) is 60.8. The van der Waals surface area contributed by atoms with Gasteiger partial charge in [-0.05, 0) is 24.7 Å². The summed E-state index contributed by atoms with van der Waals surface area (Å²) in [6.07, 6.45) is -10.7. The molecule has 1 aliphatic carbocycles. The number of hydrogen-bond acceptors (Lipinski definition) is 11. The van der Waals surface area contributed by atoms with E-state index in [-0.39, 0.29) is 11.8 Å². The van der Waals surface area contributed by atoms with Crippen LogP contribution in [-0.4, -0.2) is 111 Å². The molecule has 1 saturated carbocycles. The summed E-state index contributed by atoms with van der Waals surface area (Å²) in [6, 6.07) is -1.02. The topological polar surface area (TPSA) is 184 Å². The molecule has 3 aliphatic rings. The fourth-order valence-electron chi connectivity index (χ4n) is 4.77. The lowest BCUT2D eigenvalue weighted by molar-refractivity contribution is -0.315. The Labute approximate surface area is 181 Å². The van der Waals surface area contributed by atoms with Crippen molar-refractivity contribution in [1.82, 2.24) is 0 Å². The van der Waals surface area contributed by atoms with Crippen LogP contribution in [0.1, 0.15) is 33.6 Å². The standard InChI is InChI=1S/C20H37NO10/c1-4-9-13(24)15(26)11(21)19(28-9)30-17-8(3)5-7(2)12(23)18(17)31-20-16(27)14(25)10(6-22)29-20/h7-20,22-27H,4-6,21H2,1-3H3/t7-,8?,9?,10-,11?,12-,13-,14?,15?,16+,17-,18?,19-,20+/m1/s1. The van der Waals surface area contributed by atoms with Crippen molar-refractivity contribution in [3.8, 4) is 0 Å². The van der Waals surface area contributed by atoms with Crippen LogP contribution in [0, 0.1) is 11.8 Å². The highest BCUT2D eigenvalue weighted by molar-refractivity contribution is 4.97. The van der Waals surface area contributed by atoms with Gasteiger partial charge in [0.2, 0.25) is 0 Å². The molecule has 2 saturated heterocycles. The van der Waals surface area contributed by atoms with Gasteiger partial charge in [-0.15, -0.1) is 0 Å². The van der Waals surface area contributed by atoms with E-state index >= 15 is 0 Å². The van der Waals surface area contributed by atoms with Gasteiger partial charge < -0.3 is 55.3 Å². The minimum absolute atomic E-state index is 0.111. The third-order valence-corrected chi connectivity index (χ3v) is 6.78. The maximum atomic E-state index is 10.8. The quantitative estimate of drug-likeness (QED) is 0.225. The molecular weight excluding hydrogens is 414 g/mol. The number of nitrogens with two attached hydrogens (primary N) is 1. The van der Waals surface area contributed by atoms with Crippen LogP contribution < -0.4 is 5.73 Å². The Balaban J connectivity index is 1.78. The van der Waals surface area contributed by atoms with Crippen LogP contribution in [0.25, 0.3) is 0 Å². The monoisotopic (exact) mass is 451 g/mol. The molecule has 0 aromatic heterocycles. The maximum absolute atomic E-state index is 10.8. The fraction of sp³-hybridized carbons (Fsp3) is 1.00. The molecule has 2 aliphatic heterocycles. The molecule has 0 aromatic carbocycles. The van der Waals surface area contributed by atoms with Gasteiger partial charge in [0, 0.05) is 0 Å². The fourth-order valence-corrected chi connectivity index (χ4v) is 4.77. The van der Waals surface area contributed by atoms with Crippen molar-refractivity contribution in [3.05, 3.63) is 0 Å². The number of rotatable bonds is 6. The molecule has 0 bridgehead atoms. The van der Waals surface area contributed by atoms with Gasteiger partial charge in [-0.25, -0.2) is 0 Å². The molecule has 3 rings (SSSR count). The van der Waals surface area contributed by atoms with Gasteiger partial charge in [0.1, 0.15) is 36.6 Å². The van der Waals surface area contributed by atoms with E-state index in [1.807, 2.05) is 13.8 Å². The van der Waals surface area contributed by atoms with Crippen molar-refractivity contribution >= 4 is 0 Å². The Hall–Kier alpha value is -0.440. The summed E-state index contributed by atoms with van der Waals surface area (Å²) in [4.78, 5) is 0. The van der Waals surface area contributed by atoms with Crippen LogP contribution in [0.3, 0.4) is 0 Å². The molecule has 31 heavy (non-hydrogen) atoms. The normalized spacial score (nSPS) is 53.6. The van der Waals surface area contributed by atoms with Gasteiger partial charge in [-0.3, -0.25) is 0 Å². The van der Waals surface area contributed by atoms with Crippen molar-refractivity contribution in [2.24, 2.45) is 17.6 Å². The number of aliphatic hydroxyl groups is 6. The van der Waals surface area contributed by atoms with Gasteiger partial charge in [-0.1, -0.05) is 20.8 Å². The van der Waals surface area contributed by atoms with E-state index < -0.39 is 80.2 Å². The van der Waals surface area contributed by atoms with Gasteiger partial charge in [-0.2, -0.15) is 0 Å². The molecule has 0 spiro atoms. The zero-order valence-electron chi connectivity index (χ0n) is 18.1. The Morgan fingerprint density at radius 3 is 1.94 bits per heavy atom. The molecule has 2 heterocycles.